The fourth-order valence-electron chi connectivity index (χ4n) is 4.06. The molecule has 178 valence electrons. The highest BCUT2D eigenvalue weighted by Gasteiger charge is 2.30. The molecule has 2 amide bonds. The minimum absolute atomic E-state index is 0.141. The van der Waals surface area contributed by atoms with Crippen molar-refractivity contribution in [2.24, 2.45) is 0 Å². The summed E-state index contributed by atoms with van der Waals surface area (Å²) in [4.78, 5) is 28.2. The zero-order valence-corrected chi connectivity index (χ0v) is 20.7. The number of aryl methyl sites for hydroxylation is 3. The molecule has 0 aliphatic heterocycles. The van der Waals surface area contributed by atoms with Crippen LogP contribution in [-0.2, 0) is 22.6 Å². The molecule has 0 aliphatic rings. The molecule has 34 heavy (non-hydrogen) atoms. The van der Waals surface area contributed by atoms with Crippen molar-refractivity contribution < 1.29 is 14.3 Å². The molecule has 3 aromatic carbocycles. The number of amides is 2. The first-order valence-electron chi connectivity index (χ1n) is 11.6. The molecule has 1 atom stereocenters. The minimum atomic E-state index is -0.663. The van der Waals surface area contributed by atoms with Gasteiger partial charge in [0.1, 0.15) is 11.8 Å². The van der Waals surface area contributed by atoms with E-state index in [-0.39, 0.29) is 18.4 Å². The largest absolute Gasteiger partial charge is 0.483 e. The summed E-state index contributed by atoms with van der Waals surface area (Å²) in [6.45, 7) is 8.22. The van der Waals surface area contributed by atoms with Gasteiger partial charge in [0.15, 0.2) is 6.61 Å². The maximum atomic E-state index is 13.6. The minimum Gasteiger partial charge on any atom is -0.483 e. The van der Waals surface area contributed by atoms with E-state index in [4.69, 9.17) is 4.74 Å². The lowest BCUT2D eigenvalue weighted by atomic mass is 10.0. The van der Waals surface area contributed by atoms with E-state index in [1.54, 1.807) is 11.9 Å². The number of rotatable bonds is 9. The van der Waals surface area contributed by atoms with E-state index in [1.807, 2.05) is 88.4 Å². The quantitative estimate of drug-likeness (QED) is 0.506. The predicted molar refractivity (Wildman–Crippen MR) is 136 cm³/mol. The van der Waals surface area contributed by atoms with Crippen molar-refractivity contribution in [3.63, 3.8) is 0 Å². The average molecular weight is 459 g/mol. The molecule has 5 heteroatoms. The Bertz CT molecular complexity index is 1140. The van der Waals surface area contributed by atoms with Gasteiger partial charge in [-0.3, -0.25) is 9.59 Å². The lowest BCUT2D eigenvalue weighted by Gasteiger charge is -2.31. The molecule has 3 rings (SSSR count). The van der Waals surface area contributed by atoms with Crippen LogP contribution in [0.15, 0.2) is 66.7 Å². The second-order valence-electron chi connectivity index (χ2n) is 8.76. The standard InChI is InChI=1S/C29H34N2O3/c1-20-15-22(3)23(4)27(16-20)34-19-28(32)31(18-25-14-10-9-11-21(25)2)26(29(33)30-5)17-24-12-7-6-8-13-24/h6-16,26H,17-19H2,1-5H3,(H,30,33)/t26-/m1/s1. The molecule has 0 saturated carbocycles. The summed E-state index contributed by atoms with van der Waals surface area (Å²) >= 11 is 0. The monoisotopic (exact) mass is 458 g/mol. The Balaban J connectivity index is 1.92. The van der Waals surface area contributed by atoms with Gasteiger partial charge in [0.25, 0.3) is 5.91 Å². The highest BCUT2D eigenvalue weighted by molar-refractivity contribution is 5.88. The average Bonchev–Trinajstić information content (AvgIpc) is 2.83. The van der Waals surface area contributed by atoms with E-state index in [0.29, 0.717) is 18.7 Å². The van der Waals surface area contributed by atoms with E-state index in [1.165, 1.54) is 0 Å². The lowest BCUT2D eigenvalue weighted by Crippen LogP contribution is -2.51. The number of hydrogen-bond donors (Lipinski definition) is 1. The van der Waals surface area contributed by atoms with Crippen LogP contribution < -0.4 is 10.1 Å². The van der Waals surface area contributed by atoms with Crippen molar-refractivity contribution in [2.75, 3.05) is 13.7 Å². The lowest BCUT2D eigenvalue weighted by molar-refractivity contribution is -0.142. The van der Waals surface area contributed by atoms with E-state index in [0.717, 1.165) is 33.4 Å². The van der Waals surface area contributed by atoms with Gasteiger partial charge in [-0.15, -0.1) is 0 Å². The highest BCUT2D eigenvalue weighted by atomic mass is 16.5. The molecule has 5 nitrogen and oxygen atoms in total. The molecule has 0 fully saturated rings. The second-order valence-corrected chi connectivity index (χ2v) is 8.76. The summed E-state index contributed by atoms with van der Waals surface area (Å²) in [5.41, 5.74) is 6.27. The summed E-state index contributed by atoms with van der Waals surface area (Å²) in [6, 6.07) is 21.1. The van der Waals surface area contributed by atoms with E-state index < -0.39 is 6.04 Å². The van der Waals surface area contributed by atoms with Crippen LogP contribution in [0.5, 0.6) is 5.75 Å². The number of likely N-dealkylation sites (N-methyl/N-ethyl adjacent to an activating group) is 1. The van der Waals surface area contributed by atoms with Gasteiger partial charge in [0.05, 0.1) is 0 Å². The van der Waals surface area contributed by atoms with Gasteiger partial charge in [-0.25, -0.2) is 0 Å². The van der Waals surface area contributed by atoms with Crippen LogP contribution in [0, 0.1) is 27.7 Å². The van der Waals surface area contributed by atoms with Gasteiger partial charge >= 0.3 is 0 Å². The van der Waals surface area contributed by atoms with Crippen LogP contribution in [-0.4, -0.2) is 36.4 Å². The number of carbonyl (C=O) groups excluding carboxylic acids is 2. The van der Waals surface area contributed by atoms with Crippen LogP contribution in [0.2, 0.25) is 0 Å². The predicted octanol–water partition coefficient (Wildman–Crippen LogP) is 4.69. The van der Waals surface area contributed by atoms with Gasteiger partial charge in [-0.1, -0.05) is 60.7 Å². The first-order chi connectivity index (χ1) is 16.3. The Morgan fingerprint density at radius 3 is 2.26 bits per heavy atom. The van der Waals surface area contributed by atoms with Crippen LogP contribution in [0.3, 0.4) is 0 Å². The fraction of sp³-hybridized carbons (Fsp3) is 0.310. The molecule has 0 unspecified atom stereocenters. The molecule has 0 saturated heterocycles. The molecular formula is C29H34N2O3. The normalized spacial score (nSPS) is 11.6. The zero-order chi connectivity index (χ0) is 24.7. The molecule has 0 heterocycles. The molecular weight excluding hydrogens is 424 g/mol. The van der Waals surface area contributed by atoms with Crippen molar-refractivity contribution >= 4 is 11.8 Å². The van der Waals surface area contributed by atoms with Crippen molar-refractivity contribution in [1.82, 2.24) is 10.2 Å². The fourth-order valence-corrected chi connectivity index (χ4v) is 4.06. The molecule has 0 radical (unpaired) electrons. The Morgan fingerprint density at radius 2 is 1.59 bits per heavy atom. The second kappa shape index (κ2) is 11.5. The zero-order valence-electron chi connectivity index (χ0n) is 20.7. The SMILES string of the molecule is CNC(=O)[C@@H](Cc1ccccc1)N(Cc1ccccc1C)C(=O)COc1cc(C)cc(C)c1C. The molecule has 0 bridgehead atoms. The number of nitrogens with one attached hydrogen (secondary N) is 1. The maximum absolute atomic E-state index is 13.6. The first kappa shape index (κ1) is 25.0. The number of hydrogen-bond acceptors (Lipinski definition) is 3. The van der Waals surface area contributed by atoms with Crippen molar-refractivity contribution in [2.45, 2.75) is 46.7 Å². The number of benzene rings is 3. The molecule has 0 spiro atoms. The van der Waals surface area contributed by atoms with Crippen molar-refractivity contribution in [1.29, 1.82) is 0 Å². The third-order valence-electron chi connectivity index (χ3n) is 6.23. The third-order valence-corrected chi connectivity index (χ3v) is 6.23. The highest BCUT2D eigenvalue weighted by Crippen LogP contribution is 2.24. The van der Waals surface area contributed by atoms with Gasteiger partial charge in [0.2, 0.25) is 5.91 Å². The maximum Gasteiger partial charge on any atom is 0.261 e. The van der Waals surface area contributed by atoms with Crippen LogP contribution in [0.4, 0.5) is 0 Å². The molecule has 0 aliphatic carbocycles. The summed E-state index contributed by atoms with van der Waals surface area (Å²) in [5.74, 6) is 0.265. The topological polar surface area (TPSA) is 58.6 Å². The first-order valence-corrected chi connectivity index (χ1v) is 11.6. The van der Waals surface area contributed by atoms with Gasteiger partial charge in [-0.05, 0) is 67.1 Å². The summed E-state index contributed by atoms with van der Waals surface area (Å²) in [6.07, 6.45) is 0.417. The number of nitrogens with zero attached hydrogens (tertiary/aromatic N) is 1. The number of ether oxygens (including phenoxy) is 1. The van der Waals surface area contributed by atoms with Gasteiger partial charge in [-0.2, -0.15) is 0 Å². The summed E-state index contributed by atoms with van der Waals surface area (Å²) in [5, 5.41) is 2.75. The Morgan fingerprint density at radius 1 is 0.912 bits per heavy atom. The van der Waals surface area contributed by atoms with E-state index in [2.05, 4.69) is 11.4 Å². The molecule has 3 aromatic rings. The number of carbonyl (C=O) groups is 2. The smallest absolute Gasteiger partial charge is 0.261 e. The van der Waals surface area contributed by atoms with Crippen molar-refractivity contribution in [3.8, 4) is 5.75 Å². The third kappa shape index (κ3) is 6.25. The van der Waals surface area contributed by atoms with E-state index in [9.17, 15) is 9.59 Å². The Kier molecular flexibility index (Phi) is 8.47. The van der Waals surface area contributed by atoms with Gasteiger partial charge in [0, 0.05) is 20.0 Å². The van der Waals surface area contributed by atoms with Crippen LogP contribution in [0.1, 0.15) is 33.4 Å². The summed E-state index contributed by atoms with van der Waals surface area (Å²) in [7, 11) is 1.60. The van der Waals surface area contributed by atoms with Gasteiger partial charge < -0.3 is 15.0 Å². The Labute approximate surface area is 202 Å². The molecule has 1 N–H and O–H groups in total. The van der Waals surface area contributed by atoms with Crippen molar-refractivity contribution in [3.05, 3.63) is 100 Å². The summed E-state index contributed by atoms with van der Waals surface area (Å²) < 4.78 is 6.00. The van der Waals surface area contributed by atoms with Crippen LogP contribution in [0.25, 0.3) is 0 Å². The Hall–Kier alpha value is -3.60. The van der Waals surface area contributed by atoms with Crippen LogP contribution >= 0.6 is 0 Å². The van der Waals surface area contributed by atoms with E-state index >= 15 is 0 Å². The molecule has 0 aromatic heterocycles.